The average Bonchev–Trinajstić information content (AvgIpc) is 3.04. The Hall–Kier alpha value is -1.07. The summed E-state index contributed by atoms with van der Waals surface area (Å²) >= 11 is 1.71. The molecule has 0 bridgehead atoms. The molecule has 1 unspecified atom stereocenters. The highest BCUT2D eigenvalue weighted by Gasteiger charge is 2.26. The van der Waals surface area contributed by atoms with Crippen LogP contribution in [0.5, 0.6) is 0 Å². The van der Waals surface area contributed by atoms with E-state index in [4.69, 9.17) is 10.7 Å². The Balaban J connectivity index is 1.97. The summed E-state index contributed by atoms with van der Waals surface area (Å²) < 4.78 is 2.23. The van der Waals surface area contributed by atoms with Crippen molar-refractivity contribution in [3.05, 3.63) is 17.3 Å². The summed E-state index contributed by atoms with van der Waals surface area (Å²) in [5.41, 5.74) is 7.36. The van der Waals surface area contributed by atoms with E-state index in [0.717, 1.165) is 17.9 Å². The van der Waals surface area contributed by atoms with E-state index >= 15 is 0 Å². The van der Waals surface area contributed by atoms with Gasteiger partial charge >= 0.3 is 0 Å². The van der Waals surface area contributed by atoms with Crippen LogP contribution in [0.15, 0.2) is 11.6 Å². The number of nitrogens with two attached hydrogens (primary N) is 1. The molecule has 0 amide bonds. The Bertz CT molecular complexity index is 580. The van der Waals surface area contributed by atoms with Gasteiger partial charge in [-0.05, 0) is 26.7 Å². The van der Waals surface area contributed by atoms with Crippen molar-refractivity contribution >= 4 is 22.1 Å². The Kier molecular flexibility index (Phi) is 4.50. The second-order valence-corrected chi connectivity index (χ2v) is 7.07. The van der Waals surface area contributed by atoms with E-state index in [0.29, 0.717) is 6.04 Å². The number of imidazole rings is 1. The molecular weight excluding hydrogens is 280 g/mol. The lowest BCUT2D eigenvalue weighted by Crippen LogP contribution is -2.38. The van der Waals surface area contributed by atoms with Gasteiger partial charge in [0.05, 0.1) is 5.69 Å². The summed E-state index contributed by atoms with van der Waals surface area (Å²) in [5.74, 6) is 1.17. The largest absolute Gasteiger partial charge is 0.352 e. The van der Waals surface area contributed by atoms with Crippen LogP contribution < -0.4 is 10.6 Å². The number of hydrogen-bond donors (Lipinski definition) is 1. The molecule has 1 aliphatic carbocycles. The molecule has 1 aliphatic rings. The quantitative estimate of drug-likeness (QED) is 0.920. The first-order valence-corrected chi connectivity index (χ1v) is 9.05. The molecule has 0 spiro atoms. The standard InChI is InChI=1S/C16H26N4S/c1-3-19(13-7-5-4-6-8-13)15-14(11-12(2)17)20-9-10-21-16(20)18-15/h9-10,12-13H,3-8,11,17H2,1-2H3. The molecule has 3 rings (SSSR count). The number of aromatic nitrogens is 2. The molecule has 4 nitrogen and oxygen atoms in total. The fourth-order valence-electron chi connectivity index (χ4n) is 3.52. The molecule has 0 saturated heterocycles. The third-order valence-electron chi connectivity index (χ3n) is 4.48. The van der Waals surface area contributed by atoms with Crippen LogP contribution in [0.3, 0.4) is 0 Å². The van der Waals surface area contributed by atoms with E-state index in [1.165, 1.54) is 43.6 Å². The number of anilines is 1. The Morgan fingerprint density at radius 1 is 1.43 bits per heavy atom. The van der Waals surface area contributed by atoms with Crippen LogP contribution in [0.2, 0.25) is 0 Å². The van der Waals surface area contributed by atoms with Crippen LogP contribution in [0.1, 0.15) is 51.6 Å². The van der Waals surface area contributed by atoms with E-state index in [9.17, 15) is 0 Å². The molecule has 21 heavy (non-hydrogen) atoms. The van der Waals surface area contributed by atoms with Crippen LogP contribution in [0.4, 0.5) is 5.82 Å². The van der Waals surface area contributed by atoms with E-state index in [2.05, 4.69) is 34.7 Å². The number of rotatable bonds is 5. The Morgan fingerprint density at radius 3 is 2.86 bits per heavy atom. The normalized spacial score (nSPS) is 18.2. The molecule has 1 fully saturated rings. The minimum Gasteiger partial charge on any atom is -0.352 e. The van der Waals surface area contributed by atoms with Crippen molar-refractivity contribution in [2.45, 2.75) is 64.5 Å². The van der Waals surface area contributed by atoms with Crippen molar-refractivity contribution < 1.29 is 0 Å². The lowest BCUT2D eigenvalue weighted by atomic mass is 9.94. The van der Waals surface area contributed by atoms with Crippen molar-refractivity contribution in [2.24, 2.45) is 5.73 Å². The van der Waals surface area contributed by atoms with Gasteiger partial charge in [0.25, 0.3) is 0 Å². The zero-order chi connectivity index (χ0) is 14.8. The van der Waals surface area contributed by atoms with Gasteiger partial charge in [0.1, 0.15) is 0 Å². The predicted molar refractivity (Wildman–Crippen MR) is 90.3 cm³/mol. The molecule has 2 heterocycles. The van der Waals surface area contributed by atoms with Gasteiger partial charge in [-0.15, -0.1) is 11.3 Å². The molecule has 2 aromatic rings. The summed E-state index contributed by atoms with van der Waals surface area (Å²) in [7, 11) is 0. The maximum atomic E-state index is 6.08. The predicted octanol–water partition coefficient (Wildman–Crippen LogP) is 3.44. The summed E-state index contributed by atoms with van der Waals surface area (Å²) in [5, 5.41) is 2.10. The number of hydrogen-bond acceptors (Lipinski definition) is 4. The molecule has 116 valence electrons. The molecule has 2 N–H and O–H groups in total. The van der Waals surface area contributed by atoms with E-state index in [1.807, 2.05) is 0 Å². The van der Waals surface area contributed by atoms with Gasteiger partial charge in [-0.1, -0.05) is 19.3 Å². The third kappa shape index (κ3) is 2.94. The van der Waals surface area contributed by atoms with Crippen molar-refractivity contribution in [3.63, 3.8) is 0 Å². The molecule has 0 radical (unpaired) electrons. The van der Waals surface area contributed by atoms with Crippen LogP contribution in [0.25, 0.3) is 4.96 Å². The first kappa shape index (κ1) is 14.9. The zero-order valence-corrected chi connectivity index (χ0v) is 13.9. The summed E-state index contributed by atoms with van der Waals surface area (Å²) in [4.78, 5) is 8.54. The first-order chi connectivity index (χ1) is 10.2. The lowest BCUT2D eigenvalue weighted by molar-refractivity contribution is 0.416. The molecule has 0 aromatic carbocycles. The summed E-state index contributed by atoms with van der Waals surface area (Å²) in [6, 6.07) is 0.814. The Labute approximate surface area is 131 Å². The van der Waals surface area contributed by atoms with Gasteiger partial charge < -0.3 is 10.6 Å². The van der Waals surface area contributed by atoms with E-state index < -0.39 is 0 Å². The fourth-order valence-corrected chi connectivity index (χ4v) is 4.25. The van der Waals surface area contributed by atoms with Gasteiger partial charge in [0.15, 0.2) is 10.8 Å². The lowest BCUT2D eigenvalue weighted by Gasteiger charge is -2.34. The van der Waals surface area contributed by atoms with Gasteiger partial charge in [0, 0.05) is 36.6 Å². The van der Waals surface area contributed by atoms with Crippen LogP contribution in [-0.4, -0.2) is 28.0 Å². The minimum absolute atomic E-state index is 0.161. The van der Waals surface area contributed by atoms with E-state index in [1.54, 1.807) is 11.3 Å². The van der Waals surface area contributed by atoms with Gasteiger partial charge in [-0.3, -0.25) is 4.40 Å². The summed E-state index contributed by atoms with van der Waals surface area (Å²) in [6.45, 7) is 5.35. The van der Waals surface area contributed by atoms with Crippen LogP contribution >= 0.6 is 11.3 Å². The maximum absolute atomic E-state index is 6.08. The van der Waals surface area contributed by atoms with Crippen molar-refractivity contribution in [2.75, 3.05) is 11.4 Å². The Morgan fingerprint density at radius 2 is 2.19 bits per heavy atom. The monoisotopic (exact) mass is 306 g/mol. The molecular formula is C16H26N4S. The molecule has 1 saturated carbocycles. The van der Waals surface area contributed by atoms with Gasteiger partial charge in [0.2, 0.25) is 0 Å². The zero-order valence-electron chi connectivity index (χ0n) is 13.1. The first-order valence-electron chi connectivity index (χ1n) is 8.17. The number of fused-ring (bicyclic) bond motifs is 1. The van der Waals surface area contributed by atoms with E-state index in [-0.39, 0.29) is 6.04 Å². The molecule has 0 aliphatic heterocycles. The van der Waals surface area contributed by atoms with Crippen molar-refractivity contribution in [3.8, 4) is 0 Å². The highest BCUT2D eigenvalue weighted by molar-refractivity contribution is 7.15. The minimum atomic E-state index is 0.161. The number of thiazole rings is 1. The SMILES string of the molecule is CCN(c1nc2sccn2c1CC(C)N)C1CCCCC1. The molecule has 1 atom stereocenters. The van der Waals surface area contributed by atoms with Crippen molar-refractivity contribution in [1.29, 1.82) is 0 Å². The van der Waals surface area contributed by atoms with Gasteiger partial charge in [-0.2, -0.15) is 0 Å². The smallest absolute Gasteiger partial charge is 0.195 e. The third-order valence-corrected chi connectivity index (χ3v) is 5.24. The average molecular weight is 306 g/mol. The molecule has 5 heteroatoms. The fraction of sp³-hybridized carbons (Fsp3) is 0.688. The van der Waals surface area contributed by atoms with Gasteiger partial charge in [-0.25, -0.2) is 4.98 Å². The van der Waals surface area contributed by atoms with Crippen LogP contribution in [-0.2, 0) is 6.42 Å². The highest BCUT2D eigenvalue weighted by atomic mass is 32.1. The second-order valence-electron chi connectivity index (χ2n) is 6.20. The molecule has 2 aromatic heterocycles. The highest BCUT2D eigenvalue weighted by Crippen LogP contribution is 2.31. The topological polar surface area (TPSA) is 46.6 Å². The van der Waals surface area contributed by atoms with Crippen LogP contribution in [0, 0.1) is 0 Å². The second kappa shape index (κ2) is 6.36. The maximum Gasteiger partial charge on any atom is 0.195 e. The number of nitrogens with zero attached hydrogens (tertiary/aromatic N) is 3. The summed E-state index contributed by atoms with van der Waals surface area (Å²) in [6.07, 6.45) is 9.71. The van der Waals surface area contributed by atoms with Crippen molar-refractivity contribution in [1.82, 2.24) is 9.38 Å².